The van der Waals surface area contributed by atoms with E-state index < -0.39 is 12.1 Å². The Hall–Kier alpha value is -1.68. The van der Waals surface area contributed by atoms with E-state index in [4.69, 9.17) is 5.11 Å². The predicted octanol–water partition coefficient (Wildman–Crippen LogP) is 4.20. The second-order valence-electron chi connectivity index (χ2n) is 6.34. The molecule has 0 spiro atoms. The van der Waals surface area contributed by atoms with Crippen molar-refractivity contribution in [2.45, 2.75) is 70.8 Å². The number of aliphatic hydroxyl groups excluding tert-OH is 1. The number of aliphatic hydroxyl groups is 1. The van der Waals surface area contributed by atoms with E-state index in [0.29, 0.717) is 24.8 Å². The standard InChI is InChI=1S/C20H30O4/c1-2-3-4-5-6-9-12-16-17(19(22)15-18(16)21)13-10-7-8-11-14-20(23)24/h6-7,9-10,12,17,19,22H,2-5,8,11,13-15H2,1H3,(H,23,24)/b9-6+,10-7+,16-12+/t17?,19-/m0/s1. The van der Waals surface area contributed by atoms with Crippen LogP contribution >= 0.6 is 0 Å². The fourth-order valence-electron chi connectivity index (χ4n) is 2.88. The fraction of sp³-hybridized carbons (Fsp3) is 0.600. The third-order valence-electron chi connectivity index (χ3n) is 4.28. The number of carbonyl (C=O) groups excluding carboxylic acids is 1. The van der Waals surface area contributed by atoms with Gasteiger partial charge in [0.25, 0.3) is 0 Å². The van der Waals surface area contributed by atoms with Crippen molar-refractivity contribution < 1.29 is 19.8 Å². The molecule has 1 fully saturated rings. The summed E-state index contributed by atoms with van der Waals surface area (Å²) < 4.78 is 0. The maximum absolute atomic E-state index is 12.0. The fourth-order valence-corrected chi connectivity index (χ4v) is 2.88. The summed E-state index contributed by atoms with van der Waals surface area (Å²) in [6.07, 6.45) is 16.1. The number of rotatable bonds is 11. The van der Waals surface area contributed by atoms with E-state index in [1.165, 1.54) is 12.8 Å². The Labute approximate surface area is 145 Å². The normalized spacial score (nSPS) is 23.1. The van der Waals surface area contributed by atoms with E-state index >= 15 is 0 Å². The number of hydrogen-bond acceptors (Lipinski definition) is 3. The van der Waals surface area contributed by atoms with Gasteiger partial charge in [-0.05, 0) is 32.1 Å². The minimum atomic E-state index is -0.781. The van der Waals surface area contributed by atoms with Crippen LogP contribution in [0.3, 0.4) is 0 Å². The smallest absolute Gasteiger partial charge is 0.303 e. The molecule has 0 bridgehead atoms. The maximum atomic E-state index is 12.0. The topological polar surface area (TPSA) is 74.6 Å². The summed E-state index contributed by atoms with van der Waals surface area (Å²) in [6.45, 7) is 2.17. The molecule has 134 valence electrons. The predicted molar refractivity (Wildman–Crippen MR) is 95.7 cm³/mol. The van der Waals surface area contributed by atoms with E-state index in [-0.39, 0.29) is 24.5 Å². The summed E-state index contributed by atoms with van der Waals surface area (Å²) >= 11 is 0. The Balaban J connectivity index is 2.48. The van der Waals surface area contributed by atoms with Crippen LogP contribution in [0.15, 0.2) is 36.0 Å². The van der Waals surface area contributed by atoms with Gasteiger partial charge in [-0.3, -0.25) is 9.59 Å². The minimum Gasteiger partial charge on any atom is -0.481 e. The van der Waals surface area contributed by atoms with Crippen molar-refractivity contribution in [2.75, 3.05) is 0 Å². The van der Waals surface area contributed by atoms with Crippen LogP contribution in [0.2, 0.25) is 0 Å². The number of carboxylic acid groups (broad SMARTS) is 1. The molecule has 1 saturated carbocycles. The summed E-state index contributed by atoms with van der Waals surface area (Å²) in [6, 6.07) is 0. The van der Waals surface area contributed by atoms with Crippen LogP contribution in [0.4, 0.5) is 0 Å². The maximum Gasteiger partial charge on any atom is 0.303 e. The van der Waals surface area contributed by atoms with Crippen molar-refractivity contribution in [3.63, 3.8) is 0 Å². The highest BCUT2D eigenvalue weighted by Gasteiger charge is 2.35. The van der Waals surface area contributed by atoms with E-state index in [2.05, 4.69) is 13.0 Å². The number of hydrogen-bond donors (Lipinski definition) is 2. The molecule has 0 heterocycles. The van der Waals surface area contributed by atoms with Gasteiger partial charge in [-0.25, -0.2) is 0 Å². The van der Waals surface area contributed by atoms with Crippen LogP contribution in [-0.2, 0) is 9.59 Å². The molecule has 0 radical (unpaired) electrons. The van der Waals surface area contributed by atoms with Crippen molar-refractivity contribution in [3.8, 4) is 0 Å². The zero-order valence-electron chi connectivity index (χ0n) is 14.6. The molecule has 4 nitrogen and oxygen atoms in total. The molecule has 2 atom stereocenters. The first kappa shape index (κ1) is 20.4. The number of ketones is 1. The minimum absolute atomic E-state index is 0.0324. The SMILES string of the molecule is CCCCC/C=C/C=C1/C(=O)C[C@H](O)C1C/C=C/CCCC(=O)O. The zero-order valence-corrected chi connectivity index (χ0v) is 14.6. The lowest BCUT2D eigenvalue weighted by Gasteiger charge is -2.12. The molecule has 0 aromatic carbocycles. The van der Waals surface area contributed by atoms with Crippen LogP contribution in [0.25, 0.3) is 0 Å². The van der Waals surface area contributed by atoms with E-state index in [1.54, 1.807) is 0 Å². The van der Waals surface area contributed by atoms with Crippen molar-refractivity contribution in [1.82, 2.24) is 0 Å². The molecular formula is C20H30O4. The molecule has 0 saturated heterocycles. The van der Waals surface area contributed by atoms with Gasteiger partial charge in [-0.15, -0.1) is 0 Å². The Kier molecular flexibility index (Phi) is 10.0. The first-order valence-corrected chi connectivity index (χ1v) is 9.01. The van der Waals surface area contributed by atoms with E-state index in [0.717, 1.165) is 12.8 Å². The molecule has 1 aliphatic rings. The zero-order chi connectivity index (χ0) is 17.8. The largest absolute Gasteiger partial charge is 0.481 e. The molecule has 0 aromatic rings. The highest BCUT2D eigenvalue weighted by Crippen LogP contribution is 2.31. The summed E-state index contributed by atoms with van der Waals surface area (Å²) in [7, 11) is 0. The molecule has 1 unspecified atom stereocenters. The number of allylic oxidation sites excluding steroid dienone is 5. The summed E-state index contributed by atoms with van der Waals surface area (Å²) in [5.74, 6) is -0.894. The van der Waals surface area contributed by atoms with E-state index in [1.807, 2.05) is 24.3 Å². The molecule has 24 heavy (non-hydrogen) atoms. The van der Waals surface area contributed by atoms with E-state index in [9.17, 15) is 14.7 Å². The molecule has 0 amide bonds. The molecule has 1 aliphatic carbocycles. The third-order valence-corrected chi connectivity index (χ3v) is 4.28. The van der Waals surface area contributed by atoms with Gasteiger partial charge in [0, 0.05) is 24.3 Å². The monoisotopic (exact) mass is 334 g/mol. The number of aliphatic carboxylic acids is 1. The van der Waals surface area contributed by atoms with Gasteiger partial charge in [0.05, 0.1) is 6.10 Å². The van der Waals surface area contributed by atoms with Crippen LogP contribution in [0, 0.1) is 5.92 Å². The van der Waals surface area contributed by atoms with Gasteiger partial charge in [0.1, 0.15) is 0 Å². The Morgan fingerprint density at radius 2 is 1.92 bits per heavy atom. The van der Waals surface area contributed by atoms with Gasteiger partial charge >= 0.3 is 5.97 Å². The molecule has 2 N–H and O–H groups in total. The van der Waals surface area contributed by atoms with Crippen LogP contribution in [0.5, 0.6) is 0 Å². The van der Waals surface area contributed by atoms with Crippen LogP contribution in [-0.4, -0.2) is 28.1 Å². The molecule has 0 aromatic heterocycles. The second-order valence-corrected chi connectivity index (χ2v) is 6.34. The second kappa shape index (κ2) is 11.8. The third kappa shape index (κ3) is 7.73. The van der Waals surface area contributed by atoms with Crippen LogP contribution in [0.1, 0.15) is 64.7 Å². The van der Waals surface area contributed by atoms with Crippen molar-refractivity contribution >= 4 is 11.8 Å². The van der Waals surface area contributed by atoms with Gasteiger partial charge in [0.15, 0.2) is 5.78 Å². The number of carboxylic acids is 1. The van der Waals surface area contributed by atoms with Crippen molar-refractivity contribution in [3.05, 3.63) is 36.0 Å². The first-order chi connectivity index (χ1) is 11.6. The summed E-state index contributed by atoms with van der Waals surface area (Å²) in [5, 5.41) is 18.7. The first-order valence-electron chi connectivity index (χ1n) is 9.01. The lowest BCUT2D eigenvalue weighted by Crippen LogP contribution is -2.13. The van der Waals surface area contributed by atoms with Crippen molar-refractivity contribution in [1.29, 1.82) is 0 Å². The average molecular weight is 334 g/mol. The van der Waals surface area contributed by atoms with Crippen LogP contribution < -0.4 is 0 Å². The summed E-state index contributed by atoms with van der Waals surface area (Å²) in [5.41, 5.74) is 0.712. The van der Waals surface area contributed by atoms with Gasteiger partial charge in [-0.1, -0.05) is 50.1 Å². The Morgan fingerprint density at radius 3 is 2.62 bits per heavy atom. The number of carbonyl (C=O) groups is 2. The van der Waals surface area contributed by atoms with Crippen molar-refractivity contribution in [2.24, 2.45) is 5.92 Å². The van der Waals surface area contributed by atoms with Gasteiger partial charge < -0.3 is 10.2 Å². The molecule has 4 heteroatoms. The molecule has 0 aliphatic heterocycles. The summed E-state index contributed by atoms with van der Waals surface area (Å²) in [4.78, 5) is 22.5. The lowest BCUT2D eigenvalue weighted by molar-refractivity contribution is -0.137. The lowest BCUT2D eigenvalue weighted by atomic mass is 9.96. The Bertz CT molecular complexity index is 488. The molecular weight excluding hydrogens is 304 g/mol. The van der Waals surface area contributed by atoms with Gasteiger partial charge in [-0.2, -0.15) is 0 Å². The average Bonchev–Trinajstić information content (AvgIpc) is 2.80. The quantitative estimate of drug-likeness (QED) is 0.337. The number of Topliss-reactive ketones (excluding diaryl/α,β-unsaturated/α-hetero) is 1. The molecule has 1 rings (SSSR count). The highest BCUT2D eigenvalue weighted by atomic mass is 16.4. The van der Waals surface area contributed by atoms with Gasteiger partial charge in [0.2, 0.25) is 0 Å². The highest BCUT2D eigenvalue weighted by molar-refractivity contribution is 5.99. The number of unbranched alkanes of at least 4 members (excludes halogenated alkanes) is 4. The Morgan fingerprint density at radius 1 is 1.17 bits per heavy atom.